The van der Waals surface area contributed by atoms with Crippen molar-refractivity contribution in [1.29, 1.82) is 0 Å². The molecule has 1 aromatic heterocycles. The lowest BCUT2D eigenvalue weighted by Crippen LogP contribution is -2.37. The van der Waals surface area contributed by atoms with Gasteiger partial charge in [0.25, 0.3) is 0 Å². The van der Waals surface area contributed by atoms with Gasteiger partial charge in [-0.3, -0.25) is 0 Å². The summed E-state index contributed by atoms with van der Waals surface area (Å²) in [5.74, 6) is 2.64. The van der Waals surface area contributed by atoms with Gasteiger partial charge in [-0.15, -0.1) is 23.5 Å². The molecule has 2 heterocycles. The molecule has 1 aromatic carbocycles. The summed E-state index contributed by atoms with van der Waals surface area (Å²) in [6.45, 7) is 2.48. The standard InChI is InChI=1S/C19H21NS2/c1-18-8-9-19(21-10-11-22-19)12-13(18)6-7-15-14-4-2-3-5-16(14)20-17(15)18/h2-5,12,20H,6-11H2,1H3/t18-/m0/s1. The lowest BCUT2D eigenvalue weighted by molar-refractivity contribution is 0.420. The third-order valence-electron chi connectivity index (χ3n) is 5.86. The first kappa shape index (κ1) is 13.6. The molecule has 2 aliphatic carbocycles. The Morgan fingerprint density at radius 3 is 2.73 bits per heavy atom. The SMILES string of the molecule is C[C@]12CCC3(C=C1CCc1c2[nH]c2ccccc12)SCCS3. The quantitative estimate of drug-likeness (QED) is 0.663. The van der Waals surface area contributed by atoms with Crippen LogP contribution in [0.1, 0.15) is 37.4 Å². The van der Waals surface area contributed by atoms with Gasteiger partial charge in [-0.25, -0.2) is 0 Å². The van der Waals surface area contributed by atoms with Crippen LogP contribution < -0.4 is 0 Å². The summed E-state index contributed by atoms with van der Waals surface area (Å²) in [6.07, 6.45) is 7.71. The monoisotopic (exact) mass is 327 g/mol. The molecule has 1 nitrogen and oxygen atoms in total. The Labute approximate surface area is 140 Å². The Bertz CT molecular complexity index is 782. The van der Waals surface area contributed by atoms with Crippen molar-refractivity contribution in [2.45, 2.75) is 42.1 Å². The molecule has 1 spiro atoms. The van der Waals surface area contributed by atoms with E-state index >= 15 is 0 Å². The van der Waals surface area contributed by atoms with Crippen molar-refractivity contribution in [3.05, 3.63) is 47.2 Å². The number of para-hydroxylation sites is 1. The minimum Gasteiger partial charge on any atom is -0.357 e. The summed E-state index contributed by atoms with van der Waals surface area (Å²) < 4.78 is 0.401. The highest BCUT2D eigenvalue weighted by atomic mass is 32.2. The number of aromatic nitrogens is 1. The zero-order chi connectivity index (χ0) is 14.8. The van der Waals surface area contributed by atoms with E-state index in [-0.39, 0.29) is 5.41 Å². The van der Waals surface area contributed by atoms with E-state index in [0.29, 0.717) is 4.08 Å². The van der Waals surface area contributed by atoms with Gasteiger partial charge in [0.15, 0.2) is 0 Å². The molecule has 22 heavy (non-hydrogen) atoms. The minimum absolute atomic E-state index is 0.238. The Morgan fingerprint density at radius 1 is 1.05 bits per heavy atom. The zero-order valence-corrected chi connectivity index (χ0v) is 14.6. The fourth-order valence-electron chi connectivity index (χ4n) is 4.60. The number of aryl methyl sites for hydroxylation is 1. The summed E-state index contributed by atoms with van der Waals surface area (Å²) in [5, 5.41) is 1.45. The second-order valence-electron chi connectivity index (χ2n) is 7.03. The second kappa shape index (κ2) is 4.61. The first-order valence-electron chi connectivity index (χ1n) is 8.30. The summed E-state index contributed by atoms with van der Waals surface area (Å²) >= 11 is 4.37. The molecule has 5 rings (SSSR count). The highest BCUT2D eigenvalue weighted by Gasteiger charge is 2.47. The molecule has 1 fully saturated rings. The van der Waals surface area contributed by atoms with Crippen LogP contribution in [-0.4, -0.2) is 20.6 Å². The van der Waals surface area contributed by atoms with Crippen molar-refractivity contribution in [2.24, 2.45) is 0 Å². The fourth-order valence-corrected chi connectivity index (χ4v) is 7.74. The van der Waals surface area contributed by atoms with Gasteiger partial charge in [-0.05, 0) is 37.3 Å². The number of rotatable bonds is 0. The van der Waals surface area contributed by atoms with Gasteiger partial charge in [-0.2, -0.15) is 0 Å². The highest BCUT2D eigenvalue weighted by molar-refractivity contribution is 8.21. The van der Waals surface area contributed by atoms with E-state index in [1.165, 1.54) is 53.8 Å². The Kier molecular flexibility index (Phi) is 2.85. The van der Waals surface area contributed by atoms with Crippen molar-refractivity contribution >= 4 is 34.4 Å². The van der Waals surface area contributed by atoms with Crippen molar-refractivity contribution in [3.63, 3.8) is 0 Å². The fraction of sp³-hybridized carbons (Fsp3) is 0.474. The van der Waals surface area contributed by atoms with Gasteiger partial charge >= 0.3 is 0 Å². The smallest absolute Gasteiger partial charge is 0.0795 e. The number of hydrogen-bond donors (Lipinski definition) is 1. The number of benzene rings is 1. The summed E-state index contributed by atoms with van der Waals surface area (Å²) in [7, 11) is 0. The van der Waals surface area contributed by atoms with E-state index in [1.807, 2.05) is 0 Å². The van der Waals surface area contributed by atoms with Crippen LogP contribution in [0.25, 0.3) is 10.9 Å². The molecule has 0 radical (unpaired) electrons. The number of aromatic amines is 1. The Morgan fingerprint density at radius 2 is 1.86 bits per heavy atom. The van der Waals surface area contributed by atoms with Gasteiger partial charge in [0.1, 0.15) is 0 Å². The number of allylic oxidation sites excluding steroid dienone is 1. The van der Waals surface area contributed by atoms with Gasteiger partial charge in [0.05, 0.1) is 4.08 Å². The molecular formula is C19H21NS2. The van der Waals surface area contributed by atoms with Gasteiger partial charge in [-0.1, -0.05) is 36.8 Å². The lowest BCUT2D eigenvalue weighted by atomic mass is 9.65. The number of fused-ring (bicyclic) bond motifs is 5. The van der Waals surface area contributed by atoms with Crippen LogP contribution in [0.4, 0.5) is 0 Å². The van der Waals surface area contributed by atoms with Crippen LogP contribution in [0.2, 0.25) is 0 Å². The zero-order valence-electron chi connectivity index (χ0n) is 12.9. The molecule has 0 bridgehead atoms. The van der Waals surface area contributed by atoms with Crippen LogP contribution in [0.5, 0.6) is 0 Å². The number of H-pyrrole nitrogens is 1. The molecule has 0 amide bonds. The molecular weight excluding hydrogens is 306 g/mol. The molecule has 114 valence electrons. The predicted molar refractivity (Wildman–Crippen MR) is 98.9 cm³/mol. The molecule has 2 aromatic rings. The van der Waals surface area contributed by atoms with Gasteiger partial charge < -0.3 is 4.98 Å². The van der Waals surface area contributed by atoms with Crippen molar-refractivity contribution < 1.29 is 0 Å². The van der Waals surface area contributed by atoms with E-state index in [1.54, 1.807) is 11.1 Å². The maximum Gasteiger partial charge on any atom is 0.0795 e. The highest BCUT2D eigenvalue weighted by Crippen LogP contribution is 2.58. The number of thioether (sulfide) groups is 2. The molecule has 1 aliphatic heterocycles. The molecule has 1 saturated heterocycles. The first-order valence-corrected chi connectivity index (χ1v) is 10.3. The molecule has 3 heteroatoms. The maximum absolute atomic E-state index is 3.78. The van der Waals surface area contributed by atoms with E-state index < -0.39 is 0 Å². The third-order valence-corrected chi connectivity index (χ3v) is 9.27. The Hall–Kier alpha value is -0.800. The molecule has 1 atom stereocenters. The average Bonchev–Trinajstić information content (AvgIpc) is 3.14. The van der Waals surface area contributed by atoms with E-state index in [0.717, 1.165) is 0 Å². The minimum atomic E-state index is 0.238. The van der Waals surface area contributed by atoms with Crippen molar-refractivity contribution in [1.82, 2.24) is 4.98 Å². The van der Waals surface area contributed by atoms with Crippen LogP contribution >= 0.6 is 23.5 Å². The topological polar surface area (TPSA) is 15.8 Å². The summed E-state index contributed by atoms with van der Waals surface area (Å²) in [4.78, 5) is 3.78. The van der Waals surface area contributed by atoms with Crippen LogP contribution in [0.15, 0.2) is 35.9 Å². The molecule has 0 saturated carbocycles. The number of hydrogen-bond acceptors (Lipinski definition) is 2. The largest absolute Gasteiger partial charge is 0.357 e. The second-order valence-corrected chi connectivity index (χ2v) is 10.1. The normalized spacial score (nSPS) is 29.4. The lowest BCUT2D eigenvalue weighted by Gasteiger charge is -2.44. The van der Waals surface area contributed by atoms with Crippen LogP contribution in [-0.2, 0) is 11.8 Å². The first-order chi connectivity index (χ1) is 10.7. The van der Waals surface area contributed by atoms with Gasteiger partial charge in [0.2, 0.25) is 0 Å². The van der Waals surface area contributed by atoms with E-state index in [2.05, 4.69) is 65.8 Å². The maximum atomic E-state index is 3.78. The molecule has 0 unspecified atom stereocenters. The molecule has 1 N–H and O–H groups in total. The summed E-state index contributed by atoms with van der Waals surface area (Å²) in [6, 6.07) is 8.83. The van der Waals surface area contributed by atoms with Gasteiger partial charge in [0, 0.05) is 33.5 Å². The third kappa shape index (κ3) is 1.75. The van der Waals surface area contributed by atoms with Crippen molar-refractivity contribution in [3.8, 4) is 0 Å². The number of nitrogens with one attached hydrogen (secondary N) is 1. The van der Waals surface area contributed by atoms with Crippen molar-refractivity contribution in [2.75, 3.05) is 11.5 Å². The van der Waals surface area contributed by atoms with E-state index in [4.69, 9.17) is 0 Å². The predicted octanol–water partition coefficient (Wildman–Crippen LogP) is 5.27. The molecule has 3 aliphatic rings. The average molecular weight is 328 g/mol. The van der Waals surface area contributed by atoms with E-state index in [9.17, 15) is 0 Å². The summed E-state index contributed by atoms with van der Waals surface area (Å²) in [5.41, 5.74) is 6.34. The Balaban J connectivity index is 1.68. The van der Waals surface area contributed by atoms with Crippen LogP contribution in [0.3, 0.4) is 0 Å². The van der Waals surface area contributed by atoms with Crippen LogP contribution in [0, 0.1) is 0 Å².